The highest BCUT2D eigenvalue weighted by Crippen LogP contribution is 2.16. The van der Waals surface area contributed by atoms with Gasteiger partial charge in [0.25, 0.3) is 0 Å². The molecule has 1 fully saturated rings. The van der Waals surface area contributed by atoms with E-state index in [-0.39, 0.29) is 11.9 Å². The normalized spacial score (nSPS) is 21.8. The molecule has 5 nitrogen and oxygen atoms in total. The number of hydrogen-bond acceptors (Lipinski definition) is 5. The highest BCUT2D eigenvalue weighted by molar-refractivity contribution is 7.03. The topological polar surface area (TPSA) is 58.1 Å². The van der Waals surface area contributed by atoms with Crippen molar-refractivity contribution in [3.63, 3.8) is 0 Å². The van der Waals surface area contributed by atoms with Crippen LogP contribution in [0.15, 0.2) is 5.38 Å². The van der Waals surface area contributed by atoms with Gasteiger partial charge in [-0.15, -0.1) is 5.10 Å². The van der Waals surface area contributed by atoms with Gasteiger partial charge in [0, 0.05) is 25.0 Å². The zero-order valence-corrected chi connectivity index (χ0v) is 11.0. The summed E-state index contributed by atoms with van der Waals surface area (Å²) in [6.07, 6.45) is 0.892. The zero-order valence-electron chi connectivity index (χ0n) is 10.2. The van der Waals surface area contributed by atoms with Crippen LogP contribution in [0.25, 0.3) is 0 Å². The van der Waals surface area contributed by atoms with Crippen molar-refractivity contribution >= 4 is 17.4 Å². The van der Waals surface area contributed by atoms with Crippen molar-refractivity contribution in [1.29, 1.82) is 0 Å². The summed E-state index contributed by atoms with van der Waals surface area (Å²) >= 11 is 1.36. The Morgan fingerprint density at radius 1 is 1.65 bits per heavy atom. The highest BCUT2D eigenvalue weighted by Gasteiger charge is 2.30. The maximum absolute atomic E-state index is 11.9. The Kier molecular flexibility index (Phi) is 4.06. The van der Waals surface area contributed by atoms with Gasteiger partial charge in [0.15, 0.2) is 0 Å². The molecular weight excluding hydrogens is 236 g/mol. The van der Waals surface area contributed by atoms with Crippen molar-refractivity contribution in [3.05, 3.63) is 11.1 Å². The van der Waals surface area contributed by atoms with Crippen molar-refractivity contribution < 1.29 is 4.79 Å². The minimum atomic E-state index is -0.0227. The Hall–Kier alpha value is -1.01. The Morgan fingerprint density at radius 3 is 3.12 bits per heavy atom. The van der Waals surface area contributed by atoms with Crippen LogP contribution < -0.4 is 5.32 Å². The molecule has 0 saturated carbocycles. The Morgan fingerprint density at radius 2 is 2.47 bits per heavy atom. The molecule has 1 aromatic heterocycles. The van der Waals surface area contributed by atoms with Gasteiger partial charge in [-0.05, 0) is 23.9 Å². The molecule has 94 valence electrons. The molecule has 1 aliphatic heterocycles. The molecule has 0 spiro atoms. The van der Waals surface area contributed by atoms with Crippen LogP contribution in [0.2, 0.25) is 0 Å². The summed E-state index contributed by atoms with van der Waals surface area (Å²) in [6, 6.07) is -0.0227. The summed E-state index contributed by atoms with van der Waals surface area (Å²) in [7, 11) is 0. The van der Waals surface area contributed by atoms with E-state index in [0.29, 0.717) is 5.92 Å². The SMILES string of the molecule is CC(C)C[C@@H]1C(=O)NCCN1Cc1csnn1. The van der Waals surface area contributed by atoms with Crippen LogP contribution in [-0.2, 0) is 11.3 Å². The molecule has 2 rings (SSSR count). The first-order chi connectivity index (χ1) is 8.16. The summed E-state index contributed by atoms with van der Waals surface area (Å²) in [4.78, 5) is 14.1. The molecule has 0 radical (unpaired) electrons. The van der Waals surface area contributed by atoms with Crippen LogP contribution in [0.5, 0.6) is 0 Å². The molecule has 0 aromatic carbocycles. The molecule has 2 heterocycles. The van der Waals surface area contributed by atoms with Gasteiger partial charge < -0.3 is 5.32 Å². The first kappa shape index (κ1) is 12.4. The minimum absolute atomic E-state index is 0.0227. The molecule has 1 N–H and O–H groups in total. The van der Waals surface area contributed by atoms with Gasteiger partial charge in [-0.3, -0.25) is 9.69 Å². The van der Waals surface area contributed by atoms with Crippen molar-refractivity contribution in [2.45, 2.75) is 32.9 Å². The van der Waals surface area contributed by atoms with Crippen LogP contribution in [0.4, 0.5) is 0 Å². The number of piperazine rings is 1. The highest BCUT2D eigenvalue weighted by atomic mass is 32.1. The Labute approximate surface area is 105 Å². The number of nitrogens with one attached hydrogen (secondary N) is 1. The second-order valence-electron chi connectivity index (χ2n) is 4.80. The van der Waals surface area contributed by atoms with E-state index >= 15 is 0 Å². The molecular formula is C11H18N4OS. The number of nitrogens with zero attached hydrogens (tertiary/aromatic N) is 3. The molecule has 17 heavy (non-hydrogen) atoms. The fourth-order valence-electron chi connectivity index (χ4n) is 2.12. The lowest BCUT2D eigenvalue weighted by molar-refractivity contribution is -0.130. The zero-order chi connectivity index (χ0) is 12.3. The average Bonchev–Trinajstić information content (AvgIpc) is 2.75. The molecule has 0 bridgehead atoms. The molecule has 6 heteroatoms. The van der Waals surface area contributed by atoms with Crippen LogP contribution >= 0.6 is 11.5 Å². The van der Waals surface area contributed by atoms with Crippen LogP contribution in [0, 0.1) is 5.92 Å². The molecule has 1 amide bonds. The van der Waals surface area contributed by atoms with Crippen LogP contribution in [0.1, 0.15) is 26.0 Å². The van der Waals surface area contributed by atoms with E-state index in [0.717, 1.165) is 31.7 Å². The van der Waals surface area contributed by atoms with Gasteiger partial charge in [0.1, 0.15) is 0 Å². The molecule has 0 unspecified atom stereocenters. The van der Waals surface area contributed by atoms with Gasteiger partial charge in [-0.2, -0.15) is 0 Å². The van der Waals surface area contributed by atoms with Crippen molar-refractivity contribution in [3.8, 4) is 0 Å². The quantitative estimate of drug-likeness (QED) is 0.867. The Balaban J connectivity index is 2.04. The maximum Gasteiger partial charge on any atom is 0.237 e. The van der Waals surface area contributed by atoms with E-state index in [4.69, 9.17) is 0 Å². The largest absolute Gasteiger partial charge is 0.353 e. The predicted molar refractivity (Wildman–Crippen MR) is 66.6 cm³/mol. The molecule has 0 aliphatic carbocycles. The van der Waals surface area contributed by atoms with Gasteiger partial charge >= 0.3 is 0 Å². The number of hydrogen-bond donors (Lipinski definition) is 1. The lowest BCUT2D eigenvalue weighted by atomic mass is 10.00. The summed E-state index contributed by atoms with van der Waals surface area (Å²) in [6.45, 7) is 6.63. The number of amides is 1. The van der Waals surface area contributed by atoms with Gasteiger partial charge in [-0.1, -0.05) is 18.3 Å². The summed E-state index contributed by atoms with van der Waals surface area (Å²) in [5.41, 5.74) is 0.957. The fraction of sp³-hybridized carbons (Fsp3) is 0.727. The minimum Gasteiger partial charge on any atom is -0.353 e. The summed E-state index contributed by atoms with van der Waals surface area (Å²) < 4.78 is 3.86. The van der Waals surface area contributed by atoms with Crippen LogP contribution in [-0.4, -0.2) is 39.5 Å². The van der Waals surface area contributed by atoms with Gasteiger partial charge in [0.2, 0.25) is 5.91 Å². The summed E-state index contributed by atoms with van der Waals surface area (Å²) in [5.74, 6) is 0.660. The standard InChI is InChI=1S/C11H18N4OS/c1-8(2)5-10-11(16)12-3-4-15(10)6-9-7-17-14-13-9/h7-8,10H,3-6H2,1-2H3,(H,12,16)/t10-/m1/s1. The van der Waals surface area contributed by atoms with E-state index < -0.39 is 0 Å². The average molecular weight is 254 g/mol. The smallest absolute Gasteiger partial charge is 0.237 e. The Bertz CT molecular complexity index is 366. The molecule has 1 aromatic rings. The second kappa shape index (κ2) is 5.55. The van der Waals surface area contributed by atoms with E-state index in [1.807, 2.05) is 5.38 Å². The van der Waals surface area contributed by atoms with E-state index in [9.17, 15) is 4.79 Å². The third kappa shape index (κ3) is 3.23. The summed E-state index contributed by atoms with van der Waals surface area (Å²) in [5, 5.41) is 8.92. The number of rotatable bonds is 4. The lowest BCUT2D eigenvalue weighted by Gasteiger charge is -2.35. The van der Waals surface area contributed by atoms with Crippen LogP contribution in [0.3, 0.4) is 0 Å². The number of carbonyl (C=O) groups is 1. The third-order valence-electron chi connectivity index (χ3n) is 2.91. The maximum atomic E-state index is 11.9. The molecule has 1 atom stereocenters. The number of carbonyl (C=O) groups excluding carboxylic acids is 1. The fourth-order valence-corrected chi connectivity index (χ4v) is 2.56. The van der Waals surface area contributed by atoms with E-state index in [2.05, 4.69) is 33.7 Å². The van der Waals surface area contributed by atoms with E-state index in [1.165, 1.54) is 11.5 Å². The molecule has 1 saturated heterocycles. The predicted octanol–water partition coefficient (Wildman–Crippen LogP) is 0.885. The van der Waals surface area contributed by atoms with Crippen molar-refractivity contribution in [2.24, 2.45) is 5.92 Å². The molecule has 1 aliphatic rings. The van der Waals surface area contributed by atoms with Crippen molar-refractivity contribution in [2.75, 3.05) is 13.1 Å². The van der Waals surface area contributed by atoms with Gasteiger partial charge in [-0.25, -0.2) is 0 Å². The van der Waals surface area contributed by atoms with E-state index in [1.54, 1.807) is 0 Å². The number of aromatic nitrogens is 2. The van der Waals surface area contributed by atoms with Gasteiger partial charge in [0.05, 0.1) is 11.7 Å². The first-order valence-electron chi connectivity index (χ1n) is 5.94. The van der Waals surface area contributed by atoms with Crippen molar-refractivity contribution in [1.82, 2.24) is 19.8 Å². The third-order valence-corrected chi connectivity index (χ3v) is 3.46. The monoisotopic (exact) mass is 254 g/mol. The first-order valence-corrected chi connectivity index (χ1v) is 6.78. The lowest BCUT2D eigenvalue weighted by Crippen LogP contribution is -2.55. The second-order valence-corrected chi connectivity index (χ2v) is 5.41.